The summed E-state index contributed by atoms with van der Waals surface area (Å²) in [7, 11) is 4.77. The lowest BCUT2D eigenvalue weighted by Crippen LogP contribution is -2.02. The number of fused-ring (bicyclic) bond motifs is 1. The van der Waals surface area contributed by atoms with Crippen LogP contribution in [-0.4, -0.2) is 40.8 Å². The predicted molar refractivity (Wildman–Crippen MR) is 118 cm³/mol. The maximum atomic E-state index is 5.45. The largest absolute Gasteiger partial charge is 0.493 e. The number of imidazole rings is 1. The number of methoxy groups -OCH3 is 3. The zero-order chi connectivity index (χ0) is 21.3. The van der Waals surface area contributed by atoms with E-state index in [9.17, 15) is 0 Å². The first-order chi connectivity index (χ1) is 14.5. The van der Waals surface area contributed by atoms with Crippen molar-refractivity contribution in [3.05, 3.63) is 41.9 Å². The van der Waals surface area contributed by atoms with Crippen LogP contribution in [0.2, 0.25) is 0 Å². The Morgan fingerprint density at radius 1 is 1.03 bits per heavy atom. The summed E-state index contributed by atoms with van der Waals surface area (Å²) in [4.78, 5) is 13.8. The molecule has 0 aliphatic carbocycles. The third-order valence-electron chi connectivity index (χ3n) is 4.61. The van der Waals surface area contributed by atoms with Crippen molar-refractivity contribution >= 4 is 33.2 Å². The number of aromatic nitrogens is 4. The van der Waals surface area contributed by atoms with Crippen molar-refractivity contribution in [2.75, 3.05) is 26.6 Å². The van der Waals surface area contributed by atoms with Gasteiger partial charge in [-0.3, -0.25) is 0 Å². The van der Waals surface area contributed by atoms with Crippen molar-refractivity contribution in [3.8, 4) is 22.9 Å². The fourth-order valence-corrected chi connectivity index (χ4v) is 3.87. The van der Waals surface area contributed by atoms with Crippen LogP contribution in [-0.2, 0) is 0 Å². The zero-order valence-electron chi connectivity index (χ0n) is 17.5. The number of hydrogen-bond acceptors (Lipinski definition) is 8. The van der Waals surface area contributed by atoms with Crippen molar-refractivity contribution in [2.45, 2.75) is 19.8 Å². The van der Waals surface area contributed by atoms with Gasteiger partial charge in [-0.05, 0) is 11.4 Å². The first kappa shape index (κ1) is 20.0. The molecular formula is C21H23N5O3S. The molecule has 0 atom stereocenters. The number of rotatable bonds is 7. The summed E-state index contributed by atoms with van der Waals surface area (Å²) < 4.78 is 19.2. The Morgan fingerprint density at radius 3 is 2.40 bits per heavy atom. The molecule has 9 heteroatoms. The maximum absolute atomic E-state index is 5.45. The standard InChI is InChI=1S/C21H23N5O3S/c1-12(2)20-23-14-6-7-30-19(14)21(25-20)24-17-10-26(11-22-17)13-8-15(27-3)18(29-5)16(9-13)28-4/h6-12H,1-5H3,(H,23,24,25). The third-order valence-corrected chi connectivity index (χ3v) is 5.52. The van der Waals surface area contributed by atoms with E-state index in [1.165, 1.54) is 0 Å². The number of nitrogens with one attached hydrogen (secondary N) is 1. The van der Waals surface area contributed by atoms with E-state index in [0.717, 1.165) is 27.5 Å². The van der Waals surface area contributed by atoms with E-state index in [0.29, 0.717) is 23.1 Å². The number of anilines is 2. The molecule has 1 aromatic carbocycles. The average Bonchev–Trinajstić information content (AvgIpc) is 3.42. The van der Waals surface area contributed by atoms with E-state index in [4.69, 9.17) is 19.2 Å². The van der Waals surface area contributed by atoms with Gasteiger partial charge in [-0.1, -0.05) is 13.8 Å². The van der Waals surface area contributed by atoms with Crippen molar-refractivity contribution in [2.24, 2.45) is 0 Å². The average molecular weight is 426 g/mol. The summed E-state index contributed by atoms with van der Waals surface area (Å²) in [5.41, 5.74) is 1.77. The molecule has 0 amide bonds. The van der Waals surface area contributed by atoms with Gasteiger partial charge in [-0.2, -0.15) is 0 Å². The van der Waals surface area contributed by atoms with Gasteiger partial charge in [0.05, 0.1) is 43.4 Å². The maximum Gasteiger partial charge on any atom is 0.203 e. The molecule has 156 valence electrons. The second-order valence-corrected chi connectivity index (χ2v) is 7.81. The smallest absolute Gasteiger partial charge is 0.203 e. The Kier molecular flexibility index (Phi) is 5.45. The highest BCUT2D eigenvalue weighted by atomic mass is 32.1. The SMILES string of the molecule is COc1cc(-n2cnc(Nc3nc(C(C)C)nc4ccsc34)c2)cc(OC)c1OC. The van der Waals surface area contributed by atoms with Gasteiger partial charge < -0.3 is 24.1 Å². The van der Waals surface area contributed by atoms with Gasteiger partial charge in [0.15, 0.2) is 17.3 Å². The van der Waals surface area contributed by atoms with Crippen molar-refractivity contribution in [3.63, 3.8) is 0 Å². The van der Waals surface area contributed by atoms with Crippen LogP contribution in [0.15, 0.2) is 36.1 Å². The lowest BCUT2D eigenvalue weighted by molar-refractivity contribution is 0.324. The van der Waals surface area contributed by atoms with Crippen LogP contribution in [0.25, 0.3) is 15.9 Å². The van der Waals surface area contributed by atoms with Gasteiger partial charge >= 0.3 is 0 Å². The molecule has 0 fully saturated rings. The topological polar surface area (TPSA) is 83.3 Å². The zero-order valence-corrected chi connectivity index (χ0v) is 18.3. The van der Waals surface area contributed by atoms with Gasteiger partial charge in [0.2, 0.25) is 5.75 Å². The monoisotopic (exact) mass is 425 g/mol. The molecule has 4 rings (SSSR count). The van der Waals surface area contributed by atoms with Crippen molar-refractivity contribution in [1.82, 2.24) is 19.5 Å². The molecule has 8 nitrogen and oxygen atoms in total. The molecular weight excluding hydrogens is 402 g/mol. The fraction of sp³-hybridized carbons (Fsp3) is 0.286. The van der Waals surface area contributed by atoms with E-state index >= 15 is 0 Å². The highest BCUT2D eigenvalue weighted by molar-refractivity contribution is 7.17. The molecule has 4 aromatic rings. The van der Waals surface area contributed by atoms with E-state index in [2.05, 4.69) is 29.1 Å². The lowest BCUT2D eigenvalue weighted by atomic mass is 10.2. The molecule has 0 unspecified atom stereocenters. The second kappa shape index (κ2) is 8.19. The number of thiophene rings is 1. The van der Waals surface area contributed by atoms with Crippen LogP contribution in [0.1, 0.15) is 25.6 Å². The summed E-state index contributed by atoms with van der Waals surface area (Å²) in [5, 5.41) is 5.36. The van der Waals surface area contributed by atoms with Gasteiger partial charge in [0, 0.05) is 18.1 Å². The van der Waals surface area contributed by atoms with E-state index in [1.54, 1.807) is 39.0 Å². The van der Waals surface area contributed by atoms with Gasteiger partial charge in [0.1, 0.15) is 18.0 Å². The molecule has 1 N–H and O–H groups in total. The molecule has 3 heterocycles. The molecule has 30 heavy (non-hydrogen) atoms. The highest BCUT2D eigenvalue weighted by Gasteiger charge is 2.16. The number of ether oxygens (including phenoxy) is 3. The van der Waals surface area contributed by atoms with E-state index < -0.39 is 0 Å². The molecule has 0 aliphatic rings. The third kappa shape index (κ3) is 3.63. The Labute approximate surface area is 178 Å². The Morgan fingerprint density at radius 2 is 1.77 bits per heavy atom. The van der Waals surface area contributed by atoms with Crippen LogP contribution in [0.3, 0.4) is 0 Å². The summed E-state index contributed by atoms with van der Waals surface area (Å²) in [5.74, 6) is 4.16. The quantitative estimate of drug-likeness (QED) is 0.457. The van der Waals surface area contributed by atoms with E-state index in [-0.39, 0.29) is 5.92 Å². The highest BCUT2D eigenvalue weighted by Crippen LogP contribution is 2.39. The van der Waals surface area contributed by atoms with Crippen LogP contribution in [0.5, 0.6) is 17.2 Å². The second-order valence-electron chi connectivity index (χ2n) is 6.89. The van der Waals surface area contributed by atoms with Crippen molar-refractivity contribution < 1.29 is 14.2 Å². The van der Waals surface area contributed by atoms with Gasteiger partial charge in [-0.15, -0.1) is 11.3 Å². The number of benzene rings is 1. The van der Waals surface area contributed by atoms with Crippen LogP contribution >= 0.6 is 11.3 Å². The Balaban J connectivity index is 1.69. The van der Waals surface area contributed by atoms with Crippen LogP contribution < -0.4 is 19.5 Å². The Bertz CT molecular complexity index is 1160. The normalized spacial score (nSPS) is 11.1. The minimum absolute atomic E-state index is 0.228. The molecule has 0 saturated heterocycles. The molecule has 0 radical (unpaired) electrons. The van der Waals surface area contributed by atoms with Crippen LogP contribution in [0, 0.1) is 0 Å². The number of nitrogens with zero attached hydrogens (tertiary/aromatic N) is 4. The van der Waals surface area contributed by atoms with Crippen molar-refractivity contribution in [1.29, 1.82) is 0 Å². The summed E-state index contributed by atoms with van der Waals surface area (Å²) in [6.45, 7) is 4.16. The number of hydrogen-bond donors (Lipinski definition) is 1. The molecule has 0 aliphatic heterocycles. The summed E-state index contributed by atoms with van der Waals surface area (Å²) >= 11 is 1.60. The first-order valence-electron chi connectivity index (χ1n) is 9.40. The summed E-state index contributed by atoms with van der Waals surface area (Å²) in [6.07, 6.45) is 3.61. The predicted octanol–water partition coefficient (Wildman–Crippen LogP) is 4.77. The van der Waals surface area contributed by atoms with Crippen LogP contribution in [0.4, 0.5) is 11.6 Å². The summed E-state index contributed by atoms with van der Waals surface area (Å²) in [6, 6.07) is 5.74. The van der Waals surface area contributed by atoms with Gasteiger partial charge in [0.25, 0.3) is 0 Å². The van der Waals surface area contributed by atoms with E-state index in [1.807, 2.05) is 34.3 Å². The fourth-order valence-electron chi connectivity index (χ4n) is 3.09. The molecule has 0 bridgehead atoms. The lowest BCUT2D eigenvalue weighted by Gasteiger charge is -2.14. The van der Waals surface area contributed by atoms with Gasteiger partial charge in [-0.25, -0.2) is 15.0 Å². The Hall–Kier alpha value is -3.33. The first-order valence-corrected chi connectivity index (χ1v) is 10.3. The minimum Gasteiger partial charge on any atom is -0.493 e. The molecule has 3 aromatic heterocycles. The molecule has 0 saturated carbocycles. The molecule has 0 spiro atoms. The minimum atomic E-state index is 0.228.